The highest BCUT2D eigenvalue weighted by Gasteiger charge is 2.33. The summed E-state index contributed by atoms with van der Waals surface area (Å²) < 4.78 is 6.17. The molecule has 2 aromatic carbocycles. The summed E-state index contributed by atoms with van der Waals surface area (Å²) in [7, 11) is 0. The van der Waals surface area contributed by atoms with Gasteiger partial charge in [0.15, 0.2) is 0 Å². The fraction of sp³-hybridized carbons (Fsp3) is 0.629. The first kappa shape index (κ1) is 32.7. The lowest BCUT2D eigenvalue weighted by Gasteiger charge is -2.32. The summed E-state index contributed by atoms with van der Waals surface area (Å²) in [6, 6.07) is 6.08. The van der Waals surface area contributed by atoms with Gasteiger partial charge in [0.1, 0.15) is 17.2 Å². The normalized spacial score (nSPS) is 13.9. The van der Waals surface area contributed by atoms with Gasteiger partial charge in [0.05, 0.1) is 0 Å². The van der Waals surface area contributed by atoms with Crippen LogP contribution in [-0.2, 0) is 32.9 Å². The zero-order valence-electron chi connectivity index (χ0n) is 27.1. The van der Waals surface area contributed by atoms with E-state index in [4.69, 9.17) is 4.74 Å². The molecule has 1 unspecified atom stereocenters. The van der Waals surface area contributed by atoms with Gasteiger partial charge in [-0.1, -0.05) is 109 Å². The number of benzene rings is 2. The number of phenols is 2. The number of esters is 1. The Bertz CT molecular complexity index is 1160. The number of phenolic OH excluding ortho intramolecular Hbond substituents is 2. The molecule has 0 aromatic heterocycles. The number of hydrogen-bond donors (Lipinski definition) is 2. The average Bonchev–Trinajstić information content (AvgIpc) is 2.74. The largest absolute Gasteiger partial charge is 0.507 e. The number of ether oxygens (including phenoxy) is 1. The van der Waals surface area contributed by atoms with Crippen LogP contribution in [0.4, 0.5) is 0 Å². The van der Waals surface area contributed by atoms with E-state index in [1.807, 2.05) is 39.0 Å². The van der Waals surface area contributed by atoms with E-state index >= 15 is 0 Å². The molecule has 0 heterocycles. The first-order chi connectivity index (χ1) is 17.5. The van der Waals surface area contributed by atoms with Crippen LogP contribution in [0.25, 0.3) is 0 Å². The van der Waals surface area contributed by atoms with Crippen molar-refractivity contribution < 1.29 is 19.7 Å². The molecule has 2 N–H and O–H groups in total. The number of hydrogen-bond acceptors (Lipinski definition) is 4. The Balaban J connectivity index is 2.55. The van der Waals surface area contributed by atoms with Gasteiger partial charge in [-0.05, 0) is 68.7 Å². The number of aryl methyl sites for hydroxylation is 1. The maximum atomic E-state index is 13.4. The Kier molecular flexibility index (Phi) is 9.38. The van der Waals surface area contributed by atoms with E-state index in [0.29, 0.717) is 23.5 Å². The smallest absolute Gasteiger partial charge is 0.311 e. The molecule has 0 aliphatic heterocycles. The molecule has 0 spiro atoms. The zero-order chi connectivity index (χ0) is 30.3. The minimum absolute atomic E-state index is 0.163. The molecule has 218 valence electrons. The highest BCUT2D eigenvalue weighted by Crippen LogP contribution is 2.48. The van der Waals surface area contributed by atoms with Gasteiger partial charge in [0.2, 0.25) is 0 Å². The van der Waals surface area contributed by atoms with Gasteiger partial charge >= 0.3 is 5.97 Å². The molecule has 2 aromatic rings. The highest BCUT2D eigenvalue weighted by molar-refractivity contribution is 5.75. The summed E-state index contributed by atoms with van der Waals surface area (Å²) in [6.07, 6.45) is 1.59. The molecule has 0 aliphatic carbocycles. The molecule has 0 radical (unpaired) electrons. The fourth-order valence-electron chi connectivity index (χ4n) is 5.03. The second kappa shape index (κ2) is 11.2. The highest BCUT2D eigenvalue weighted by atomic mass is 16.5. The van der Waals surface area contributed by atoms with Crippen molar-refractivity contribution in [1.82, 2.24) is 0 Å². The Hall–Kier alpha value is -2.49. The zero-order valence-corrected chi connectivity index (χ0v) is 27.1. The van der Waals surface area contributed by atoms with E-state index in [1.54, 1.807) is 0 Å². The molecular weight excluding hydrogens is 484 g/mol. The Morgan fingerprint density at radius 1 is 0.744 bits per heavy atom. The molecule has 0 aliphatic rings. The topological polar surface area (TPSA) is 66.8 Å². The van der Waals surface area contributed by atoms with Gasteiger partial charge in [-0.15, -0.1) is 0 Å². The molecule has 0 saturated heterocycles. The van der Waals surface area contributed by atoms with Gasteiger partial charge < -0.3 is 14.9 Å². The number of carbonyl (C=O) groups excluding carboxylic acids is 1. The Morgan fingerprint density at radius 3 is 1.56 bits per heavy atom. The summed E-state index contributed by atoms with van der Waals surface area (Å²) >= 11 is 0. The molecule has 2 rings (SSSR count). The van der Waals surface area contributed by atoms with Crippen molar-refractivity contribution in [3.63, 3.8) is 0 Å². The summed E-state index contributed by atoms with van der Waals surface area (Å²) in [6.45, 7) is 29.2. The number of carbonyl (C=O) groups is 1. The van der Waals surface area contributed by atoms with Gasteiger partial charge in [-0.3, -0.25) is 4.79 Å². The van der Waals surface area contributed by atoms with E-state index in [0.717, 1.165) is 34.2 Å². The van der Waals surface area contributed by atoms with Crippen molar-refractivity contribution in [2.24, 2.45) is 0 Å². The van der Waals surface area contributed by atoms with Crippen molar-refractivity contribution in [3.05, 3.63) is 51.6 Å². The monoisotopic (exact) mass is 538 g/mol. The van der Waals surface area contributed by atoms with E-state index in [2.05, 4.69) is 76.2 Å². The van der Waals surface area contributed by atoms with Gasteiger partial charge in [0.25, 0.3) is 0 Å². The van der Waals surface area contributed by atoms with Crippen LogP contribution >= 0.6 is 0 Å². The third kappa shape index (κ3) is 7.58. The fourth-order valence-corrected chi connectivity index (χ4v) is 5.03. The maximum Gasteiger partial charge on any atom is 0.311 e. The van der Waals surface area contributed by atoms with Crippen molar-refractivity contribution in [2.45, 2.75) is 144 Å². The Labute approximate surface area is 238 Å². The van der Waals surface area contributed by atoms with Crippen LogP contribution in [0.15, 0.2) is 18.2 Å². The number of rotatable bonds is 6. The van der Waals surface area contributed by atoms with Crippen LogP contribution < -0.4 is 4.74 Å². The van der Waals surface area contributed by atoms with Crippen LogP contribution in [0.2, 0.25) is 0 Å². The van der Waals surface area contributed by atoms with Crippen LogP contribution in [0.3, 0.4) is 0 Å². The second-order valence-corrected chi connectivity index (χ2v) is 15.4. The molecule has 4 nitrogen and oxygen atoms in total. The average molecular weight is 539 g/mol. The summed E-state index contributed by atoms with van der Waals surface area (Å²) in [5, 5.41) is 22.5. The minimum atomic E-state index is -0.427. The van der Waals surface area contributed by atoms with Gasteiger partial charge in [-0.2, -0.15) is 0 Å². The van der Waals surface area contributed by atoms with E-state index in [9.17, 15) is 15.0 Å². The standard InChI is InChI=1S/C35H54O4/c1-15-21(2)23-20-26(34(9,10)11)30(38)28(35(12,13)14)31(23)39-27(36)17-16-22-18-24(32(3,4)5)29(37)25(19-22)33(6,7)8/h18-21,37-38H,15-17H2,1-14H3. The lowest BCUT2D eigenvalue weighted by atomic mass is 9.76. The quantitative estimate of drug-likeness (QED) is 0.284. The molecule has 0 amide bonds. The predicted octanol–water partition coefficient (Wildman–Crippen LogP) is 9.34. The van der Waals surface area contributed by atoms with Crippen LogP contribution in [0.1, 0.15) is 149 Å². The van der Waals surface area contributed by atoms with Gasteiger partial charge in [-0.25, -0.2) is 0 Å². The van der Waals surface area contributed by atoms with Gasteiger partial charge in [0, 0.05) is 17.5 Å². The van der Waals surface area contributed by atoms with Crippen molar-refractivity contribution >= 4 is 5.97 Å². The third-order valence-corrected chi connectivity index (χ3v) is 7.60. The molecule has 0 fully saturated rings. The maximum absolute atomic E-state index is 13.4. The molecule has 0 bridgehead atoms. The van der Waals surface area contributed by atoms with E-state index in [-0.39, 0.29) is 40.3 Å². The Morgan fingerprint density at radius 2 is 1.18 bits per heavy atom. The second-order valence-electron chi connectivity index (χ2n) is 15.4. The van der Waals surface area contributed by atoms with E-state index < -0.39 is 5.41 Å². The SMILES string of the molecule is CCC(C)c1cc(C(C)(C)C)c(O)c(C(C)(C)C)c1OC(=O)CCc1cc(C(C)(C)C)c(O)c(C(C)(C)C)c1. The summed E-state index contributed by atoms with van der Waals surface area (Å²) in [5.41, 5.74) is 4.14. The number of aromatic hydroxyl groups is 2. The molecule has 4 heteroatoms. The summed E-state index contributed by atoms with van der Waals surface area (Å²) in [5.74, 6) is 0.896. The van der Waals surface area contributed by atoms with Crippen molar-refractivity contribution in [1.29, 1.82) is 0 Å². The molecule has 1 atom stereocenters. The van der Waals surface area contributed by atoms with Crippen LogP contribution in [0.5, 0.6) is 17.2 Å². The molecular formula is C35H54O4. The summed E-state index contributed by atoms with van der Waals surface area (Å²) in [4.78, 5) is 13.4. The van der Waals surface area contributed by atoms with Crippen LogP contribution in [-0.4, -0.2) is 16.2 Å². The lowest BCUT2D eigenvalue weighted by molar-refractivity contribution is -0.134. The van der Waals surface area contributed by atoms with Crippen molar-refractivity contribution in [3.8, 4) is 17.2 Å². The third-order valence-electron chi connectivity index (χ3n) is 7.60. The van der Waals surface area contributed by atoms with Crippen LogP contribution in [0, 0.1) is 0 Å². The molecule has 0 saturated carbocycles. The lowest BCUT2D eigenvalue weighted by Crippen LogP contribution is -2.22. The predicted molar refractivity (Wildman–Crippen MR) is 164 cm³/mol. The first-order valence-electron chi connectivity index (χ1n) is 14.5. The minimum Gasteiger partial charge on any atom is -0.507 e. The van der Waals surface area contributed by atoms with E-state index in [1.165, 1.54) is 0 Å². The van der Waals surface area contributed by atoms with Crippen molar-refractivity contribution in [2.75, 3.05) is 0 Å². The molecule has 39 heavy (non-hydrogen) atoms. The first-order valence-corrected chi connectivity index (χ1v) is 14.5.